The fraction of sp³-hybridized carbons (Fsp3) is 0.105. The minimum atomic E-state index is -1.01. The summed E-state index contributed by atoms with van der Waals surface area (Å²) in [6, 6.07) is 15.0. The number of nitrogens with zero attached hydrogens (tertiary/aromatic N) is 2. The summed E-state index contributed by atoms with van der Waals surface area (Å²) in [5.74, 6) is -1.01. The molecule has 0 unspecified atom stereocenters. The molecule has 1 N–H and O–H groups in total. The molecular formula is C19H15ClN2O4. The van der Waals surface area contributed by atoms with Crippen molar-refractivity contribution < 1.29 is 14.8 Å². The molecule has 2 aromatic carbocycles. The average molecular weight is 371 g/mol. The summed E-state index contributed by atoms with van der Waals surface area (Å²) >= 11 is 5.92. The lowest BCUT2D eigenvalue weighted by molar-refractivity contribution is -0.384. The predicted molar refractivity (Wildman–Crippen MR) is 98.8 cm³/mol. The van der Waals surface area contributed by atoms with E-state index in [1.165, 1.54) is 12.1 Å². The van der Waals surface area contributed by atoms with Gasteiger partial charge in [0.2, 0.25) is 0 Å². The van der Waals surface area contributed by atoms with E-state index in [9.17, 15) is 20.0 Å². The smallest absolute Gasteiger partial charge is 0.337 e. The molecule has 0 aliphatic heterocycles. The summed E-state index contributed by atoms with van der Waals surface area (Å²) in [4.78, 5) is 21.9. The topological polar surface area (TPSA) is 85.4 Å². The fourth-order valence-electron chi connectivity index (χ4n) is 2.83. The van der Waals surface area contributed by atoms with Gasteiger partial charge in [-0.2, -0.15) is 0 Å². The summed E-state index contributed by atoms with van der Waals surface area (Å²) in [5.41, 5.74) is 3.16. The van der Waals surface area contributed by atoms with Crippen molar-refractivity contribution in [1.82, 2.24) is 4.57 Å². The second-order valence-electron chi connectivity index (χ2n) is 5.85. The van der Waals surface area contributed by atoms with Crippen molar-refractivity contribution in [3.8, 4) is 11.3 Å². The van der Waals surface area contributed by atoms with Crippen LogP contribution in [0.2, 0.25) is 5.02 Å². The van der Waals surface area contributed by atoms with Crippen LogP contribution in [0, 0.1) is 17.0 Å². The minimum absolute atomic E-state index is 0.0141. The van der Waals surface area contributed by atoms with Crippen LogP contribution < -0.4 is 0 Å². The molecule has 0 spiro atoms. The SMILES string of the molecule is Cc1c(C(=O)O)cc(-c2ccc([N+](=O)[O-])cc2)n1Cc1ccc(Cl)cc1. The van der Waals surface area contributed by atoms with Crippen LogP contribution in [0.3, 0.4) is 0 Å². The number of nitro groups is 1. The van der Waals surface area contributed by atoms with E-state index in [1.807, 2.05) is 16.7 Å². The van der Waals surface area contributed by atoms with Crippen molar-refractivity contribution in [3.63, 3.8) is 0 Å². The highest BCUT2D eigenvalue weighted by Crippen LogP contribution is 2.28. The molecular weight excluding hydrogens is 356 g/mol. The summed E-state index contributed by atoms with van der Waals surface area (Å²) in [6.45, 7) is 2.21. The zero-order valence-corrected chi connectivity index (χ0v) is 14.6. The van der Waals surface area contributed by atoms with Gasteiger partial charge in [-0.25, -0.2) is 4.79 Å². The van der Waals surface area contributed by atoms with Crippen molar-refractivity contribution in [2.24, 2.45) is 0 Å². The monoisotopic (exact) mass is 370 g/mol. The van der Waals surface area contributed by atoms with E-state index in [0.717, 1.165) is 5.56 Å². The first-order chi connectivity index (χ1) is 12.4. The van der Waals surface area contributed by atoms with Crippen LogP contribution in [0.5, 0.6) is 0 Å². The molecule has 0 saturated carbocycles. The van der Waals surface area contributed by atoms with Gasteiger partial charge in [0.1, 0.15) is 0 Å². The van der Waals surface area contributed by atoms with Crippen molar-refractivity contribution in [2.45, 2.75) is 13.5 Å². The molecule has 0 radical (unpaired) electrons. The molecule has 0 amide bonds. The summed E-state index contributed by atoms with van der Waals surface area (Å²) in [6.07, 6.45) is 0. The number of carbonyl (C=O) groups is 1. The third-order valence-corrected chi connectivity index (χ3v) is 4.48. The summed E-state index contributed by atoms with van der Waals surface area (Å²) < 4.78 is 1.88. The first kappa shape index (κ1) is 17.7. The number of aromatic carboxylic acids is 1. The van der Waals surface area contributed by atoms with Crippen molar-refractivity contribution >= 4 is 23.3 Å². The van der Waals surface area contributed by atoms with E-state index < -0.39 is 10.9 Å². The molecule has 132 valence electrons. The summed E-state index contributed by atoms with van der Waals surface area (Å²) in [7, 11) is 0. The molecule has 6 nitrogen and oxygen atoms in total. The highest BCUT2D eigenvalue weighted by Gasteiger charge is 2.18. The number of non-ortho nitro benzene ring substituents is 1. The molecule has 3 aromatic rings. The van der Waals surface area contributed by atoms with Gasteiger partial charge in [0, 0.05) is 35.1 Å². The number of aromatic nitrogens is 1. The lowest BCUT2D eigenvalue weighted by atomic mass is 10.1. The van der Waals surface area contributed by atoms with E-state index in [0.29, 0.717) is 28.5 Å². The van der Waals surface area contributed by atoms with Gasteiger partial charge in [0.05, 0.1) is 10.5 Å². The van der Waals surface area contributed by atoms with Crippen LogP contribution >= 0.6 is 11.6 Å². The minimum Gasteiger partial charge on any atom is -0.478 e. The molecule has 7 heteroatoms. The molecule has 0 bridgehead atoms. The van der Waals surface area contributed by atoms with Crippen LogP contribution in [0.1, 0.15) is 21.6 Å². The first-order valence-corrected chi connectivity index (χ1v) is 8.17. The van der Waals surface area contributed by atoms with Gasteiger partial charge >= 0.3 is 5.97 Å². The molecule has 0 fully saturated rings. The largest absolute Gasteiger partial charge is 0.478 e. The van der Waals surface area contributed by atoms with E-state index in [4.69, 9.17) is 11.6 Å². The van der Waals surface area contributed by atoms with E-state index in [-0.39, 0.29) is 11.3 Å². The Bertz CT molecular complexity index is 976. The second-order valence-corrected chi connectivity index (χ2v) is 6.29. The van der Waals surface area contributed by atoms with Gasteiger partial charge in [0.25, 0.3) is 5.69 Å². The molecule has 3 rings (SSSR count). The Hall–Kier alpha value is -3.12. The number of benzene rings is 2. The van der Waals surface area contributed by atoms with Gasteiger partial charge in [-0.1, -0.05) is 23.7 Å². The number of carboxylic acid groups (broad SMARTS) is 1. The number of rotatable bonds is 5. The van der Waals surface area contributed by atoms with Gasteiger partial charge in [-0.15, -0.1) is 0 Å². The third kappa shape index (κ3) is 3.45. The molecule has 26 heavy (non-hydrogen) atoms. The van der Waals surface area contributed by atoms with Crippen molar-refractivity contribution in [2.75, 3.05) is 0 Å². The van der Waals surface area contributed by atoms with Crippen LogP contribution in [0.15, 0.2) is 54.6 Å². The Morgan fingerprint density at radius 2 is 1.77 bits per heavy atom. The van der Waals surface area contributed by atoms with Gasteiger partial charge in [-0.3, -0.25) is 10.1 Å². The standard InChI is InChI=1S/C19H15ClN2O4/c1-12-17(19(23)24)10-18(14-4-8-16(9-5-14)22(25)26)21(12)11-13-2-6-15(20)7-3-13/h2-10H,11H2,1H3,(H,23,24). The first-order valence-electron chi connectivity index (χ1n) is 7.79. The predicted octanol–water partition coefficient (Wildman–Crippen LogP) is 4.77. The average Bonchev–Trinajstić information content (AvgIpc) is 2.94. The molecule has 0 aliphatic carbocycles. The summed E-state index contributed by atoms with van der Waals surface area (Å²) in [5, 5.41) is 20.9. The quantitative estimate of drug-likeness (QED) is 0.517. The van der Waals surface area contributed by atoms with Crippen molar-refractivity contribution in [1.29, 1.82) is 0 Å². The maximum atomic E-state index is 11.5. The normalized spacial score (nSPS) is 10.7. The van der Waals surface area contributed by atoms with Crippen LogP contribution in [0.4, 0.5) is 5.69 Å². The highest BCUT2D eigenvalue weighted by atomic mass is 35.5. The van der Waals surface area contributed by atoms with Gasteiger partial charge < -0.3 is 9.67 Å². The Kier molecular flexibility index (Phi) is 4.77. The molecule has 0 atom stereocenters. The number of hydrogen-bond donors (Lipinski definition) is 1. The maximum Gasteiger partial charge on any atom is 0.337 e. The Balaban J connectivity index is 2.08. The fourth-order valence-corrected chi connectivity index (χ4v) is 2.96. The van der Waals surface area contributed by atoms with E-state index in [1.54, 1.807) is 37.3 Å². The Labute approximate surface area is 154 Å². The van der Waals surface area contributed by atoms with Crippen LogP contribution in [0.25, 0.3) is 11.3 Å². The van der Waals surface area contributed by atoms with Gasteiger partial charge in [-0.05, 0) is 48.4 Å². The molecule has 1 heterocycles. The number of hydrogen-bond acceptors (Lipinski definition) is 3. The molecule has 0 aliphatic rings. The Morgan fingerprint density at radius 3 is 2.31 bits per heavy atom. The molecule has 1 aromatic heterocycles. The highest BCUT2D eigenvalue weighted by molar-refractivity contribution is 6.30. The van der Waals surface area contributed by atoms with Crippen LogP contribution in [-0.2, 0) is 6.54 Å². The Morgan fingerprint density at radius 1 is 1.15 bits per heavy atom. The number of nitro benzene ring substituents is 1. The second kappa shape index (κ2) is 7.01. The number of halogens is 1. The maximum absolute atomic E-state index is 11.5. The van der Waals surface area contributed by atoms with Gasteiger partial charge in [0.15, 0.2) is 0 Å². The molecule has 0 saturated heterocycles. The third-order valence-electron chi connectivity index (χ3n) is 4.22. The zero-order valence-electron chi connectivity index (χ0n) is 13.8. The lowest BCUT2D eigenvalue weighted by Crippen LogP contribution is -2.06. The zero-order chi connectivity index (χ0) is 18.8. The van der Waals surface area contributed by atoms with Crippen molar-refractivity contribution in [3.05, 3.63) is 86.6 Å². The number of carboxylic acids is 1. The van der Waals surface area contributed by atoms with E-state index >= 15 is 0 Å². The van der Waals surface area contributed by atoms with Crippen LogP contribution in [-0.4, -0.2) is 20.6 Å². The van der Waals surface area contributed by atoms with E-state index in [2.05, 4.69) is 0 Å². The lowest BCUT2D eigenvalue weighted by Gasteiger charge is -2.12.